The standard InChI is InChI=1S/C22H28N2O3S/c1-3-19-9-7-8-16-23(19)22(25)17-24(20-10-5-4-6-11-20)28(26,27)21-14-12-18(2)13-15-21/h4-6,10-15,19H,3,7-9,16-17H2,1-2H3. The third-order valence-electron chi connectivity index (χ3n) is 5.35. The molecule has 150 valence electrons. The monoisotopic (exact) mass is 400 g/mol. The van der Waals surface area contributed by atoms with Gasteiger partial charge in [0.05, 0.1) is 10.6 Å². The summed E-state index contributed by atoms with van der Waals surface area (Å²) in [6, 6.07) is 15.8. The molecule has 0 aromatic heterocycles. The number of benzene rings is 2. The summed E-state index contributed by atoms with van der Waals surface area (Å²) in [5.74, 6) is -0.133. The molecule has 0 saturated carbocycles. The lowest BCUT2D eigenvalue weighted by Crippen LogP contribution is -2.49. The van der Waals surface area contributed by atoms with Crippen molar-refractivity contribution in [3.63, 3.8) is 0 Å². The molecule has 0 N–H and O–H groups in total. The Balaban J connectivity index is 1.94. The van der Waals surface area contributed by atoms with Gasteiger partial charge in [0.15, 0.2) is 0 Å². The van der Waals surface area contributed by atoms with Gasteiger partial charge in [-0.05, 0) is 56.9 Å². The highest BCUT2D eigenvalue weighted by molar-refractivity contribution is 7.92. The molecule has 0 bridgehead atoms. The van der Waals surface area contributed by atoms with Crippen LogP contribution in [0.1, 0.15) is 38.2 Å². The van der Waals surface area contributed by atoms with Crippen molar-refractivity contribution in [2.24, 2.45) is 0 Å². The predicted molar refractivity (Wildman–Crippen MR) is 112 cm³/mol. The van der Waals surface area contributed by atoms with E-state index < -0.39 is 10.0 Å². The number of likely N-dealkylation sites (tertiary alicyclic amines) is 1. The van der Waals surface area contributed by atoms with Crippen LogP contribution in [0.3, 0.4) is 0 Å². The normalized spacial score (nSPS) is 17.4. The number of carbonyl (C=O) groups is 1. The zero-order chi connectivity index (χ0) is 20.1. The molecule has 0 spiro atoms. The van der Waals surface area contributed by atoms with Crippen LogP contribution in [0, 0.1) is 6.92 Å². The molecule has 0 aliphatic carbocycles. The van der Waals surface area contributed by atoms with Gasteiger partial charge in [-0.15, -0.1) is 0 Å². The third-order valence-corrected chi connectivity index (χ3v) is 7.14. The lowest BCUT2D eigenvalue weighted by atomic mass is 10.00. The maximum atomic E-state index is 13.4. The summed E-state index contributed by atoms with van der Waals surface area (Å²) in [7, 11) is -3.84. The Morgan fingerprint density at radius 2 is 1.75 bits per heavy atom. The van der Waals surface area contributed by atoms with E-state index in [0.29, 0.717) is 12.2 Å². The second kappa shape index (κ2) is 8.78. The van der Waals surface area contributed by atoms with Crippen LogP contribution < -0.4 is 4.31 Å². The van der Waals surface area contributed by atoms with Crippen molar-refractivity contribution in [2.45, 2.75) is 50.5 Å². The molecule has 2 aromatic carbocycles. The van der Waals surface area contributed by atoms with Crippen molar-refractivity contribution in [3.8, 4) is 0 Å². The molecule has 1 fully saturated rings. The number of hydrogen-bond donors (Lipinski definition) is 0. The van der Waals surface area contributed by atoms with Crippen LogP contribution in [-0.4, -0.2) is 38.4 Å². The van der Waals surface area contributed by atoms with Gasteiger partial charge in [0, 0.05) is 12.6 Å². The van der Waals surface area contributed by atoms with Crippen molar-refractivity contribution in [1.82, 2.24) is 4.90 Å². The number of anilines is 1. The highest BCUT2D eigenvalue weighted by atomic mass is 32.2. The van der Waals surface area contributed by atoms with Gasteiger partial charge in [-0.1, -0.05) is 42.8 Å². The van der Waals surface area contributed by atoms with Crippen LogP contribution in [0.25, 0.3) is 0 Å². The van der Waals surface area contributed by atoms with E-state index >= 15 is 0 Å². The molecule has 1 heterocycles. The van der Waals surface area contributed by atoms with Crippen molar-refractivity contribution < 1.29 is 13.2 Å². The van der Waals surface area contributed by atoms with Crippen LogP contribution in [0.2, 0.25) is 0 Å². The first-order valence-corrected chi connectivity index (χ1v) is 11.3. The lowest BCUT2D eigenvalue weighted by Gasteiger charge is -2.36. The fourth-order valence-corrected chi connectivity index (χ4v) is 5.13. The average Bonchev–Trinajstić information content (AvgIpc) is 2.72. The molecule has 2 aromatic rings. The van der Waals surface area contributed by atoms with E-state index in [1.165, 1.54) is 4.31 Å². The van der Waals surface area contributed by atoms with E-state index in [0.717, 1.165) is 31.2 Å². The van der Waals surface area contributed by atoms with Gasteiger partial charge in [0.2, 0.25) is 5.91 Å². The van der Waals surface area contributed by atoms with Gasteiger partial charge < -0.3 is 4.90 Å². The van der Waals surface area contributed by atoms with E-state index in [1.54, 1.807) is 48.5 Å². The molecule has 28 heavy (non-hydrogen) atoms. The minimum absolute atomic E-state index is 0.133. The predicted octanol–water partition coefficient (Wildman–Crippen LogP) is 3.98. The fraction of sp³-hybridized carbons (Fsp3) is 0.409. The van der Waals surface area contributed by atoms with Gasteiger partial charge in [0.25, 0.3) is 10.0 Å². The quantitative estimate of drug-likeness (QED) is 0.737. The fourth-order valence-electron chi connectivity index (χ4n) is 3.71. The Labute approximate surface area is 168 Å². The Morgan fingerprint density at radius 3 is 2.39 bits per heavy atom. The number of rotatable bonds is 6. The maximum Gasteiger partial charge on any atom is 0.264 e. The van der Waals surface area contributed by atoms with Crippen LogP contribution >= 0.6 is 0 Å². The van der Waals surface area contributed by atoms with Crippen LogP contribution in [0.5, 0.6) is 0 Å². The number of nitrogens with zero attached hydrogens (tertiary/aromatic N) is 2. The van der Waals surface area contributed by atoms with E-state index in [2.05, 4.69) is 6.92 Å². The van der Waals surface area contributed by atoms with Gasteiger partial charge in [-0.3, -0.25) is 9.10 Å². The second-order valence-corrected chi connectivity index (χ2v) is 9.17. The summed E-state index contributed by atoms with van der Waals surface area (Å²) in [4.78, 5) is 15.2. The van der Waals surface area contributed by atoms with Gasteiger partial charge >= 0.3 is 0 Å². The smallest absolute Gasteiger partial charge is 0.264 e. The minimum Gasteiger partial charge on any atom is -0.338 e. The van der Waals surface area contributed by atoms with Crippen LogP contribution in [0.15, 0.2) is 59.5 Å². The highest BCUT2D eigenvalue weighted by Gasteiger charge is 2.31. The number of para-hydroxylation sites is 1. The zero-order valence-electron chi connectivity index (χ0n) is 16.5. The summed E-state index contributed by atoms with van der Waals surface area (Å²) >= 11 is 0. The number of carbonyl (C=O) groups excluding carboxylic acids is 1. The summed E-state index contributed by atoms with van der Waals surface area (Å²) in [5, 5.41) is 0. The minimum atomic E-state index is -3.84. The number of aryl methyl sites for hydroxylation is 1. The molecule has 1 saturated heterocycles. The van der Waals surface area contributed by atoms with E-state index in [4.69, 9.17) is 0 Å². The molecule has 1 aliphatic rings. The largest absolute Gasteiger partial charge is 0.338 e. The molecule has 0 radical (unpaired) electrons. The molecular weight excluding hydrogens is 372 g/mol. The van der Waals surface area contributed by atoms with Gasteiger partial charge in [0.1, 0.15) is 6.54 Å². The molecule has 1 atom stereocenters. The van der Waals surface area contributed by atoms with Crippen LogP contribution in [-0.2, 0) is 14.8 Å². The van der Waals surface area contributed by atoms with E-state index in [-0.39, 0.29) is 23.4 Å². The average molecular weight is 401 g/mol. The molecule has 1 unspecified atom stereocenters. The molecule has 1 aliphatic heterocycles. The number of amides is 1. The van der Waals surface area contributed by atoms with E-state index in [9.17, 15) is 13.2 Å². The van der Waals surface area contributed by atoms with Crippen molar-refractivity contribution in [1.29, 1.82) is 0 Å². The van der Waals surface area contributed by atoms with Crippen molar-refractivity contribution in [2.75, 3.05) is 17.4 Å². The first-order chi connectivity index (χ1) is 13.4. The molecular formula is C22H28N2O3S. The molecule has 5 nitrogen and oxygen atoms in total. The Hall–Kier alpha value is -2.34. The molecule has 3 rings (SSSR count). The van der Waals surface area contributed by atoms with Crippen molar-refractivity contribution in [3.05, 3.63) is 60.2 Å². The summed E-state index contributed by atoms with van der Waals surface area (Å²) in [6.45, 7) is 4.51. The third kappa shape index (κ3) is 4.38. The first kappa shape index (κ1) is 20.4. The number of hydrogen-bond acceptors (Lipinski definition) is 3. The SMILES string of the molecule is CCC1CCCCN1C(=O)CN(c1ccccc1)S(=O)(=O)c1ccc(C)cc1. The topological polar surface area (TPSA) is 57.7 Å². The zero-order valence-corrected chi connectivity index (χ0v) is 17.4. The Bertz CT molecular complexity index is 895. The lowest BCUT2D eigenvalue weighted by molar-refractivity contribution is -0.133. The molecule has 6 heteroatoms. The Morgan fingerprint density at radius 1 is 1.07 bits per heavy atom. The number of sulfonamides is 1. The van der Waals surface area contributed by atoms with E-state index in [1.807, 2.05) is 17.9 Å². The highest BCUT2D eigenvalue weighted by Crippen LogP contribution is 2.25. The Kier molecular flexibility index (Phi) is 6.39. The van der Waals surface area contributed by atoms with Gasteiger partial charge in [-0.25, -0.2) is 8.42 Å². The van der Waals surface area contributed by atoms with Crippen LogP contribution in [0.4, 0.5) is 5.69 Å². The van der Waals surface area contributed by atoms with Gasteiger partial charge in [-0.2, -0.15) is 0 Å². The first-order valence-electron chi connectivity index (χ1n) is 9.87. The second-order valence-electron chi connectivity index (χ2n) is 7.31. The molecule has 1 amide bonds. The number of piperidine rings is 1. The summed E-state index contributed by atoms with van der Waals surface area (Å²) < 4.78 is 28.0. The summed E-state index contributed by atoms with van der Waals surface area (Å²) in [6.07, 6.45) is 3.96. The maximum absolute atomic E-state index is 13.4. The van der Waals surface area contributed by atoms with Crippen molar-refractivity contribution >= 4 is 21.6 Å². The summed E-state index contributed by atoms with van der Waals surface area (Å²) in [5.41, 5.74) is 1.49.